The molecule has 1 unspecified atom stereocenters. The lowest BCUT2D eigenvalue weighted by Gasteiger charge is -2.14. The SMILES string of the molecule is CCCC(CC)c1ccc(CS(=O)(=O)O)cc1. The maximum atomic E-state index is 10.7. The van der Waals surface area contributed by atoms with Gasteiger partial charge in [0.2, 0.25) is 0 Å². The van der Waals surface area contributed by atoms with E-state index in [0.29, 0.717) is 11.5 Å². The molecule has 1 N–H and O–H groups in total. The molecule has 3 nitrogen and oxygen atoms in total. The second-order valence-corrected chi connectivity index (χ2v) is 5.81. The Morgan fingerprint density at radius 2 is 1.76 bits per heavy atom. The predicted octanol–water partition coefficient (Wildman–Crippen LogP) is 3.37. The largest absolute Gasteiger partial charge is 0.285 e. The van der Waals surface area contributed by atoms with Gasteiger partial charge in [0.1, 0.15) is 5.75 Å². The summed E-state index contributed by atoms with van der Waals surface area (Å²) in [6.07, 6.45) is 3.38. The first kappa shape index (κ1) is 14.2. The van der Waals surface area contributed by atoms with Gasteiger partial charge in [-0.2, -0.15) is 8.42 Å². The average Bonchev–Trinajstić information content (AvgIpc) is 2.25. The van der Waals surface area contributed by atoms with Crippen LogP contribution in [-0.2, 0) is 15.9 Å². The molecule has 1 atom stereocenters. The Hall–Kier alpha value is -0.870. The highest BCUT2D eigenvalue weighted by Crippen LogP contribution is 2.25. The standard InChI is InChI=1S/C13H20O3S/c1-3-5-12(4-2)13-8-6-11(7-9-13)10-17(14,15)16/h6-9,12H,3-5,10H2,1-2H3,(H,14,15,16). The molecule has 0 bridgehead atoms. The summed E-state index contributed by atoms with van der Waals surface area (Å²) in [5.41, 5.74) is 1.87. The van der Waals surface area contributed by atoms with E-state index in [2.05, 4.69) is 13.8 Å². The Morgan fingerprint density at radius 3 is 2.18 bits per heavy atom. The zero-order chi connectivity index (χ0) is 12.9. The van der Waals surface area contributed by atoms with E-state index in [0.717, 1.165) is 19.3 Å². The lowest BCUT2D eigenvalue weighted by Crippen LogP contribution is -2.02. The molecule has 0 amide bonds. The lowest BCUT2D eigenvalue weighted by atomic mass is 9.92. The number of hydrogen-bond donors (Lipinski definition) is 1. The first-order valence-corrected chi connectivity index (χ1v) is 7.61. The fraction of sp³-hybridized carbons (Fsp3) is 0.538. The van der Waals surface area contributed by atoms with E-state index in [1.165, 1.54) is 5.56 Å². The molecule has 96 valence electrons. The summed E-state index contributed by atoms with van der Waals surface area (Å²) in [5, 5.41) is 0. The molecule has 1 rings (SSSR count). The third kappa shape index (κ3) is 4.88. The molecule has 0 fully saturated rings. The Morgan fingerprint density at radius 1 is 1.18 bits per heavy atom. The molecule has 17 heavy (non-hydrogen) atoms. The van der Waals surface area contributed by atoms with Gasteiger partial charge in [0, 0.05) is 0 Å². The Balaban J connectivity index is 2.80. The van der Waals surface area contributed by atoms with E-state index in [1.54, 1.807) is 12.1 Å². The third-order valence-corrected chi connectivity index (χ3v) is 3.63. The van der Waals surface area contributed by atoms with Crippen molar-refractivity contribution in [2.45, 2.75) is 44.8 Å². The van der Waals surface area contributed by atoms with Gasteiger partial charge in [0.25, 0.3) is 10.1 Å². The van der Waals surface area contributed by atoms with E-state index in [1.807, 2.05) is 12.1 Å². The van der Waals surface area contributed by atoms with Crippen LogP contribution in [0.4, 0.5) is 0 Å². The van der Waals surface area contributed by atoms with Gasteiger partial charge in [0.05, 0.1) is 0 Å². The maximum Gasteiger partial charge on any atom is 0.269 e. The molecule has 0 heterocycles. The number of benzene rings is 1. The summed E-state index contributed by atoms with van der Waals surface area (Å²) < 4.78 is 30.2. The molecular formula is C13H20O3S. The molecule has 0 aliphatic carbocycles. The van der Waals surface area contributed by atoms with Gasteiger partial charge in [-0.1, -0.05) is 44.5 Å². The summed E-state index contributed by atoms with van der Waals surface area (Å²) in [6, 6.07) is 7.48. The van der Waals surface area contributed by atoms with Crippen LogP contribution in [0.2, 0.25) is 0 Å². The molecule has 0 saturated carbocycles. The van der Waals surface area contributed by atoms with E-state index < -0.39 is 10.1 Å². The van der Waals surface area contributed by atoms with Crippen LogP contribution in [0.25, 0.3) is 0 Å². The van der Waals surface area contributed by atoms with Crippen LogP contribution in [0.15, 0.2) is 24.3 Å². The molecule has 1 aromatic carbocycles. The van der Waals surface area contributed by atoms with Crippen molar-refractivity contribution in [3.63, 3.8) is 0 Å². The zero-order valence-electron chi connectivity index (χ0n) is 10.4. The van der Waals surface area contributed by atoms with Gasteiger partial charge in [-0.05, 0) is 29.9 Å². The van der Waals surface area contributed by atoms with E-state index in [-0.39, 0.29) is 5.75 Å². The third-order valence-electron chi connectivity index (χ3n) is 2.93. The fourth-order valence-corrected chi connectivity index (χ4v) is 2.67. The molecular weight excluding hydrogens is 236 g/mol. The molecule has 0 radical (unpaired) electrons. The van der Waals surface area contributed by atoms with Gasteiger partial charge in [-0.3, -0.25) is 4.55 Å². The Kier molecular flexibility index (Phi) is 5.15. The van der Waals surface area contributed by atoms with Crippen LogP contribution in [0.1, 0.15) is 50.2 Å². The van der Waals surface area contributed by atoms with Gasteiger partial charge in [-0.25, -0.2) is 0 Å². The quantitative estimate of drug-likeness (QED) is 0.794. The minimum absolute atomic E-state index is 0.308. The van der Waals surface area contributed by atoms with Crippen molar-refractivity contribution >= 4 is 10.1 Å². The Labute approximate surface area is 104 Å². The molecule has 1 aromatic rings. The van der Waals surface area contributed by atoms with Crippen LogP contribution in [-0.4, -0.2) is 13.0 Å². The van der Waals surface area contributed by atoms with Crippen molar-refractivity contribution in [1.29, 1.82) is 0 Å². The molecule has 0 saturated heterocycles. The Bertz CT molecular complexity index is 434. The average molecular weight is 256 g/mol. The second-order valence-electron chi connectivity index (χ2n) is 4.36. The van der Waals surface area contributed by atoms with E-state index >= 15 is 0 Å². The minimum atomic E-state index is -3.93. The smallest absolute Gasteiger partial charge is 0.269 e. The van der Waals surface area contributed by atoms with Crippen LogP contribution in [0.3, 0.4) is 0 Å². The lowest BCUT2D eigenvalue weighted by molar-refractivity contribution is 0.482. The zero-order valence-corrected chi connectivity index (χ0v) is 11.2. The predicted molar refractivity (Wildman–Crippen MR) is 69.6 cm³/mol. The topological polar surface area (TPSA) is 54.4 Å². The molecule has 4 heteroatoms. The van der Waals surface area contributed by atoms with Gasteiger partial charge in [0.15, 0.2) is 0 Å². The van der Waals surface area contributed by atoms with Crippen molar-refractivity contribution in [2.75, 3.05) is 0 Å². The van der Waals surface area contributed by atoms with E-state index in [4.69, 9.17) is 4.55 Å². The normalized spacial score (nSPS) is 13.6. The summed E-state index contributed by atoms with van der Waals surface area (Å²) in [6.45, 7) is 4.32. The van der Waals surface area contributed by atoms with Gasteiger partial charge >= 0.3 is 0 Å². The minimum Gasteiger partial charge on any atom is -0.285 e. The van der Waals surface area contributed by atoms with Gasteiger partial charge in [-0.15, -0.1) is 0 Å². The highest BCUT2D eigenvalue weighted by atomic mass is 32.2. The van der Waals surface area contributed by atoms with Crippen molar-refractivity contribution < 1.29 is 13.0 Å². The number of rotatable bonds is 6. The first-order chi connectivity index (χ1) is 7.96. The van der Waals surface area contributed by atoms with Crippen molar-refractivity contribution in [3.8, 4) is 0 Å². The second kappa shape index (κ2) is 6.17. The molecule has 0 aliphatic rings. The van der Waals surface area contributed by atoms with Gasteiger partial charge < -0.3 is 0 Å². The van der Waals surface area contributed by atoms with Crippen molar-refractivity contribution in [2.24, 2.45) is 0 Å². The summed E-state index contributed by atoms with van der Waals surface area (Å²) >= 11 is 0. The van der Waals surface area contributed by atoms with Crippen LogP contribution >= 0.6 is 0 Å². The highest BCUT2D eigenvalue weighted by molar-refractivity contribution is 7.85. The van der Waals surface area contributed by atoms with Crippen LogP contribution in [0, 0.1) is 0 Å². The number of hydrogen-bond acceptors (Lipinski definition) is 2. The maximum absolute atomic E-state index is 10.7. The van der Waals surface area contributed by atoms with Crippen molar-refractivity contribution in [3.05, 3.63) is 35.4 Å². The van der Waals surface area contributed by atoms with Crippen LogP contribution in [0.5, 0.6) is 0 Å². The highest BCUT2D eigenvalue weighted by Gasteiger charge is 2.10. The van der Waals surface area contributed by atoms with Crippen molar-refractivity contribution in [1.82, 2.24) is 0 Å². The fourth-order valence-electron chi connectivity index (χ4n) is 2.05. The summed E-state index contributed by atoms with van der Waals surface area (Å²) in [4.78, 5) is 0. The summed E-state index contributed by atoms with van der Waals surface area (Å²) in [7, 11) is -3.93. The molecule has 0 aromatic heterocycles. The summed E-state index contributed by atoms with van der Waals surface area (Å²) in [5.74, 6) is 0.234. The first-order valence-electron chi connectivity index (χ1n) is 6.00. The molecule has 0 aliphatic heterocycles. The van der Waals surface area contributed by atoms with Crippen LogP contribution < -0.4 is 0 Å². The molecule has 0 spiro atoms. The monoisotopic (exact) mass is 256 g/mol. The van der Waals surface area contributed by atoms with E-state index in [9.17, 15) is 8.42 Å².